The molecule has 2 N–H and O–H groups in total. The van der Waals surface area contributed by atoms with Gasteiger partial charge in [-0.3, -0.25) is 9.59 Å². The molecule has 0 atom stereocenters. The van der Waals surface area contributed by atoms with E-state index in [0.29, 0.717) is 29.9 Å². The summed E-state index contributed by atoms with van der Waals surface area (Å²) in [4.78, 5) is 31.2. The third-order valence-electron chi connectivity index (χ3n) is 4.37. The van der Waals surface area contributed by atoms with Gasteiger partial charge >= 0.3 is 0 Å². The number of H-pyrrole nitrogens is 1. The van der Waals surface area contributed by atoms with E-state index in [1.165, 1.54) is 6.07 Å². The highest BCUT2D eigenvalue weighted by atomic mass is 16.5. The molecule has 7 heteroatoms. The van der Waals surface area contributed by atoms with Crippen LogP contribution < -0.4 is 10.9 Å². The Morgan fingerprint density at radius 1 is 0.966 bits per heavy atom. The minimum Gasteiger partial charge on any atom is -0.352 e. The van der Waals surface area contributed by atoms with Gasteiger partial charge in [0.2, 0.25) is 11.4 Å². The van der Waals surface area contributed by atoms with Crippen molar-refractivity contribution in [2.75, 3.05) is 6.54 Å². The number of rotatable bonds is 6. The summed E-state index contributed by atoms with van der Waals surface area (Å²) in [5.41, 5.74) is 2.44. The standard InChI is InChI=1S/C22H18N4O3/c27-19-12-6-9-16(24-19)13-14-23-21(28)17-10-4-5-11-18(17)22-25-20(26-29-22)15-7-2-1-3-8-15/h1-12H,13-14H2,(H,23,28)(H,24,27). The Morgan fingerprint density at radius 3 is 2.59 bits per heavy atom. The fourth-order valence-corrected chi connectivity index (χ4v) is 2.95. The van der Waals surface area contributed by atoms with E-state index in [1.54, 1.807) is 24.3 Å². The average molecular weight is 386 g/mol. The maximum Gasteiger partial charge on any atom is 0.259 e. The SMILES string of the molecule is O=C(NCCc1cccc(=O)[nH]1)c1ccccc1-c1nc(-c2ccccc2)no1. The summed E-state index contributed by atoms with van der Waals surface area (Å²) < 4.78 is 5.40. The molecule has 0 aliphatic heterocycles. The Morgan fingerprint density at radius 2 is 1.76 bits per heavy atom. The number of aromatic amines is 1. The summed E-state index contributed by atoms with van der Waals surface area (Å²) in [5, 5.41) is 6.89. The van der Waals surface area contributed by atoms with Gasteiger partial charge in [0, 0.05) is 30.3 Å². The quantitative estimate of drug-likeness (QED) is 0.530. The smallest absolute Gasteiger partial charge is 0.259 e. The lowest BCUT2D eigenvalue weighted by molar-refractivity contribution is 0.0954. The van der Waals surface area contributed by atoms with Gasteiger partial charge in [-0.25, -0.2) is 0 Å². The van der Waals surface area contributed by atoms with E-state index in [2.05, 4.69) is 20.4 Å². The fourth-order valence-electron chi connectivity index (χ4n) is 2.95. The molecule has 2 aromatic heterocycles. The van der Waals surface area contributed by atoms with E-state index in [0.717, 1.165) is 11.3 Å². The maximum atomic E-state index is 12.7. The van der Waals surface area contributed by atoms with Crippen LogP contribution in [0.2, 0.25) is 0 Å². The van der Waals surface area contributed by atoms with Crippen molar-refractivity contribution in [3.63, 3.8) is 0 Å². The van der Waals surface area contributed by atoms with Crippen LogP contribution in [0.15, 0.2) is 82.1 Å². The van der Waals surface area contributed by atoms with Crippen molar-refractivity contribution in [2.24, 2.45) is 0 Å². The fraction of sp³-hybridized carbons (Fsp3) is 0.0909. The number of benzene rings is 2. The van der Waals surface area contributed by atoms with Crippen molar-refractivity contribution in [2.45, 2.75) is 6.42 Å². The number of nitrogens with zero attached hydrogens (tertiary/aromatic N) is 2. The first-order chi connectivity index (χ1) is 14.2. The first-order valence-electron chi connectivity index (χ1n) is 9.15. The predicted molar refractivity (Wildman–Crippen MR) is 108 cm³/mol. The molecule has 7 nitrogen and oxygen atoms in total. The number of pyridine rings is 1. The molecular weight excluding hydrogens is 368 g/mol. The zero-order valence-corrected chi connectivity index (χ0v) is 15.5. The van der Waals surface area contributed by atoms with Gasteiger partial charge in [-0.05, 0) is 18.2 Å². The molecule has 0 saturated heterocycles. The van der Waals surface area contributed by atoms with E-state index in [9.17, 15) is 9.59 Å². The van der Waals surface area contributed by atoms with Crippen LogP contribution in [0.4, 0.5) is 0 Å². The Hall–Kier alpha value is -4.00. The van der Waals surface area contributed by atoms with Crippen molar-refractivity contribution < 1.29 is 9.32 Å². The van der Waals surface area contributed by atoms with Crippen molar-refractivity contribution in [1.29, 1.82) is 0 Å². The van der Waals surface area contributed by atoms with Crippen molar-refractivity contribution in [3.05, 3.63) is 94.4 Å². The van der Waals surface area contributed by atoms with E-state index < -0.39 is 0 Å². The van der Waals surface area contributed by atoms with Gasteiger partial charge in [0.15, 0.2) is 0 Å². The third kappa shape index (κ3) is 4.30. The molecule has 144 valence electrons. The highest BCUT2D eigenvalue weighted by Gasteiger charge is 2.17. The van der Waals surface area contributed by atoms with Gasteiger partial charge in [-0.1, -0.05) is 53.7 Å². The van der Waals surface area contributed by atoms with Crippen molar-refractivity contribution in [3.8, 4) is 22.8 Å². The molecule has 0 fully saturated rings. The predicted octanol–water partition coefficient (Wildman–Crippen LogP) is 3.06. The Labute approximate surface area is 166 Å². The molecule has 0 unspecified atom stereocenters. The molecule has 2 heterocycles. The van der Waals surface area contributed by atoms with Crippen molar-refractivity contribution >= 4 is 5.91 Å². The molecule has 0 saturated carbocycles. The number of nitrogens with one attached hydrogen (secondary N) is 2. The van der Waals surface area contributed by atoms with Crippen LogP contribution in [-0.2, 0) is 6.42 Å². The normalized spacial score (nSPS) is 10.6. The Balaban J connectivity index is 1.50. The highest BCUT2D eigenvalue weighted by Crippen LogP contribution is 2.25. The topological polar surface area (TPSA) is 101 Å². The highest BCUT2D eigenvalue weighted by molar-refractivity contribution is 6.00. The minimum absolute atomic E-state index is 0.162. The van der Waals surface area contributed by atoms with Crippen LogP contribution in [0.25, 0.3) is 22.8 Å². The maximum absolute atomic E-state index is 12.7. The molecular formula is C22H18N4O3. The Bertz CT molecular complexity index is 1180. The summed E-state index contributed by atoms with van der Waals surface area (Å²) in [6.45, 7) is 0.381. The van der Waals surface area contributed by atoms with Gasteiger partial charge in [-0.2, -0.15) is 4.98 Å². The Kier molecular flexibility index (Phi) is 5.29. The molecule has 0 radical (unpaired) electrons. The van der Waals surface area contributed by atoms with E-state index in [4.69, 9.17) is 4.52 Å². The molecule has 0 aliphatic rings. The summed E-state index contributed by atoms with van der Waals surface area (Å²) in [5.74, 6) is 0.490. The number of aromatic nitrogens is 3. The number of carbonyl (C=O) groups is 1. The van der Waals surface area contributed by atoms with Gasteiger partial charge in [0.05, 0.1) is 11.1 Å². The van der Waals surface area contributed by atoms with Crippen molar-refractivity contribution in [1.82, 2.24) is 20.4 Å². The van der Waals surface area contributed by atoms with Gasteiger partial charge in [-0.15, -0.1) is 0 Å². The third-order valence-corrected chi connectivity index (χ3v) is 4.37. The van der Waals surface area contributed by atoms with Crippen LogP contribution in [0.5, 0.6) is 0 Å². The molecule has 0 aliphatic carbocycles. The number of carbonyl (C=O) groups excluding carboxylic acids is 1. The molecule has 2 aromatic carbocycles. The van der Waals surface area contributed by atoms with Crippen LogP contribution in [0.3, 0.4) is 0 Å². The number of hydrogen-bond acceptors (Lipinski definition) is 5. The summed E-state index contributed by atoms with van der Waals surface area (Å²) >= 11 is 0. The van der Waals surface area contributed by atoms with E-state index >= 15 is 0 Å². The minimum atomic E-state index is -0.252. The summed E-state index contributed by atoms with van der Waals surface area (Å²) in [7, 11) is 0. The second-order valence-corrected chi connectivity index (χ2v) is 6.38. The van der Waals surface area contributed by atoms with E-state index in [-0.39, 0.29) is 17.4 Å². The molecule has 0 bridgehead atoms. The molecule has 4 aromatic rings. The lowest BCUT2D eigenvalue weighted by Crippen LogP contribution is -2.26. The van der Waals surface area contributed by atoms with Gasteiger partial charge in [0.1, 0.15) is 0 Å². The molecule has 1 amide bonds. The molecule has 4 rings (SSSR count). The monoisotopic (exact) mass is 386 g/mol. The molecule has 29 heavy (non-hydrogen) atoms. The van der Waals surface area contributed by atoms with Crippen LogP contribution in [0, 0.1) is 0 Å². The van der Waals surface area contributed by atoms with Crippen LogP contribution in [-0.4, -0.2) is 27.6 Å². The summed E-state index contributed by atoms with van der Waals surface area (Å²) in [6, 6.07) is 21.5. The largest absolute Gasteiger partial charge is 0.352 e. The number of hydrogen-bond donors (Lipinski definition) is 2. The first-order valence-corrected chi connectivity index (χ1v) is 9.15. The average Bonchev–Trinajstić information content (AvgIpc) is 3.25. The van der Waals surface area contributed by atoms with Crippen LogP contribution in [0.1, 0.15) is 16.1 Å². The lowest BCUT2D eigenvalue weighted by atomic mass is 10.1. The first kappa shape index (κ1) is 18.4. The second-order valence-electron chi connectivity index (χ2n) is 6.38. The van der Waals surface area contributed by atoms with Gasteiger partial charge in [0.25, 0.3) is 11.8 Å². The zero-order chi connectivity index (χ0) is 20.1. The summed E-state index contributed by atoms with van der Waals surface area (Å²) in [6.07, 6.45) is 0.517. The zero-order valence-electron chi connectivity index (χ0n) is 15.5. The second kappa shape index (κ2) is 8.35. The van der Waals surface area contributed by atoms with Gasteiger partial charge < -0.3 is 14.8 Å². The van der Waals surface area contributed by atoms with E-state index in [1.807, 2.05) is 42.5 Å². The lowest BCUT2D eigenvalue weighted by Gasteiger charge is -2.08. The van der Waals surface area contributed by atoms with Crippen LogP contribution >= 0.6 is 0 Å². The number of amides is 1. The molecule has 0 spiro atoms.